The average molecular weight is 271 g/mol. The van der Waals surface area contributed by atoms with E-state index < -0.39 is 6.04 Å². The third kappa shape index (κ3) is 6.02. The Morgan fingerprint density at radius 1 is 1.37 bits per heavy atom. The maximum atomic E-state index is 11.8. The van der Waals surface area contributed by atoms with Crippen molar-refractivity contribution in [2.75, 3.05) is 32.8 Å². The molecule has 1 aliphatic heterocycles. The highest BCUT2D eigenvalue weighted by molar-refractivity contribution is 5.82. The minimum Gasteiger partial charge on any atom is -0.378 e. The van der Waals surface area contributed by atoms with Crippen LogP contribution in [0.2, 0.25) is 0 Å². The Hall–Kier alpha value is -1.14. The lowest BCUT2D eigenvalue weighted by Crippen LogP contribution is -2.44. The molecule has 0 aliphatic carbocycles. The summed E-state index contributed by atoms with van der Waals surface area (Å²) in [7, 11) is 0. The number of carbonyl (C=O) groups excluding carboxylic acids is 2. The molecule has 1 heterocycles. The molecule has 0 radical (unpaired) electrons. The second-order valence-corrected chi connectivity index (χ2v) is 4.78. The van der Waals surface area contributed by atoms with Crippen LogP contribution in [0.1, 0.15) is 32.6 Å². The summed E-state index contributed by atoms with van der Waals surface area (Å²) >= 11 is 0. The topological polar surface area (TPSA) is 84.7 Å². The number of nitrogens with two attached hydrogens (primary N) is 1. The zero-order valence-electron chi connectivity index (χ0n) is 11.7. The van der Waals surface area contributed by atoms with Crippen LogP contribution in [0.25, 0.3) is 0 Å². The molecule has 0 aromatic carbocycles. The molecule has 1 atom stereocenters. The number of ether oxygens (including phenoxy) is 1. The fourth-order valence-corrected chi connectivity index (χ4v) is 1.95. The van der Waals surface area contributed by atoms with Gasteiger partial charge in [0.2, 0.25) is 11.8 Å². The van der Waals surface area contributed by atoms with Crippen molar-refractivity contribution in [3.05, 3.63) is 0 Å². The molecule has 0 aromatic heterocycles. The molecular weight excluding hydrogens is 246 g/mol. The van der Waals surface area contributed by atoms with Crippen LogP contribution in [0.4, 0.5) is 0 Å². The van der Waals surface area contributed by atoms with Crippen LogP contribution in [0.3, 0.4) is 0 Å². The molecule has 19 heavy (non-hydrogen) atoms. The number of nitrogens with zero attached hydrogens (tertiary/aromatic N) is 1. The van der Waals surface area contributed by atoms with Crippen LogP contribution in [0.5, 0.6) is 0 Å². The zero-order valence-corrected chi connectivity index (χ0v) is 11.7. The normalized spacial score (nSPS) is 17.1. The molecule has 0 saturated carbocycles. The smallest absolute Gasteiger partial charge is 0.236 e. The van der Waals surface area contributed by atoms with Crippen LogP contribution >= 0.6 is 0 Å². The molecular formula is C13H25N3O3. The molecule has 110 valence electrons. The number of unbranched alkanes of at least 4 members (excludes halogenated alkanes) is 1. The third-order valence-electron chi connectivity index (χ3n) is 3.21. The van der Waals surface area contributed by atoms with E-state index in [9.17, 15) is 9.59 Å². The Balaban J connectivity index is 2.14. The number of amides is 2. The quantitative estimate of drug-likeness (QED) is 0.675. The maximum Gasteiger partial charge on any atom is 0.236 e. The van der Waals surface area contributed by atoms with Gasteiger partial charge in [0.15, 0.2) is 0 Å². The zero-order chi connectivity index (χ0) is 14.1. The first-order chi connectivity index (χ1) is 9.15. The van der Waals surface area contributed by atoms with E-state index in [0.29, 0.717) is 45.7 Å². The van der Waals surface area contributed by atoms with E-state index >= 15 is 0 Å². The molecule has 3 N–H and O–H groups in total. The summed E-state index contributed by atoms with van der Waals surface area (Å²) in [4.78, 5) is 25.2. The minimum absolute atomic E-state index is 0.0609. The van der Waals surface area contributed by atoms with Gasteiger partial charge in [-0.2, -0.15) is 0 Å². The van der Waals surface area contributed by atoms with E-state index in [0.717, 1.165) is 12.8 Å². The summed E-state index contributed by atoms with van der Waals surface area (Å²) in [5.41, 5.74) is 5.74. The van der Waals surface area contributed by atoms with Crippen molar-refractivity contribution < 1.29 is 14.3 Å². The average Bonchev–Trinajstić information content (AvgIpc) is 2.45. The number of hydrogen-bond donors (Lipinski definition) is 2. The second kappa shape index (κ2) is 8.87. The van der Waals surface area contributed by atoms with Gasteiger partial charge in [-0.25, -0.2) is 0 Å². The molecule has 1 rings (SSSR count). The highest BCUT2D eigenvalue weighted by Gasteiger charge is 2.17. The van der Waals surface area contributed by atoms with Crippen molar-refractivity contribution in [2.24, 2.45) is 5.73 Å². The lowest BCUT2D eigenvalue weighted by molar-refractivity contribution is -0.135. The fourth-order valence-electron chi connectivity index (χ4n) is 1.95. The number of morpholine rings is 1. The Kier molecular flexibility index (Phi) is 7.43. The molecule has 0 bridgehead atoms. The lowest BCUT2D eigenvalue weighted by Gasteiger charge is -2.26. The fraction of sp³-hybridized carbons (Fsp3) is 0.846. The number of rotatable bonds is 7. The number of hydrogen-bond acceptors (Lipinski definition) is 4. The van der Waals surface area contributed by atoms with Crippen LogP contribution < -0.4 is 11.1 Å². The number of carbonyl (C=O) groups is 2. The standard InChI is InChI=1S/C13H25N3O3/c1-2-3-4-11(14)13(18)15-6-5-12(17)16-7-9-19-10-8-16/h11H,2-10,14H2,1H3,(H,15,18). The predicted molar refractivity (Wildman–Crippen MR) is 72.5 cm³/mol. The Bertz CT molecular complexity index is 291. The van der Waals surface area contributed by atoms with Gasteiger partial charge in [-0.05, 0) is 6.42 Å². The summed E-state index contributed by atoms with van der Waals surface area (Å²) < 4.78 is 5.18. The van der Waals surface area contributed by atoms with E-state index in [1.54, 1.807) is 4.90 Å². The Morgan fingerprint density at radius 3 is 2.68 bits per heavy atom. The molecule has 0 spiro atoms. The molecule has 6 heteroatoms. The molecule has 6 nitrogen and oxygen atoms in total. The van der Waals surface area contributed by atoms with E-state index in [-0.39, 0.29) is 11.8 Å². The molecule has 1 saturated heterocycles. The minimum atomic E-state index is -0.460. The third-order valence-corrected chi connectivity index (χ3v) is 3.21. The summed E-state index contributed by atoms with van der Waals surface area (Å²) in [5.74, 6) is -0.103. The van der Waals surface area contributed by atoms with Gasteiger partial charge in [-0.3, -0.25) is 9.59 Å². The van der Waals surface area contributed by atoms with Crippen LogP contribution in [-0.4, -0.2) is 55.6 Å². The van der Waals surface area contributed by atoms with Gasteiger partial charge in [-0.15, -0.1) is 0 Å². The van der Waals surface area contributed by atoms with Crippen LogP contribution in [0.15, 0.2) is 0 Å². The van der Waals surface area contributed by atoms with Gasteiger partial charge in [0.25, 0.3) is 0 Å². The first kappa shape index (κ1) is 15.9. The van der Waals surface area contributed by atoms with Crippen molar-refractivity contribution in [3.63, 3.8) is 0 Å². The molecule has 0 aromatic rings. The van der Waals surface area contributed by atoms with Crippen molar-refractivity contribution in [3.8, 4) is 0 Å². The van der Waals surface area contributed by atoms with Crippen LogP contribution in [0, 0.1) is 0 Å². The highest BCUT2D eigenvalue weighted by Crippen LogP contribution is 2.00. The predicted octanol–water partition coefficient (Wildman–Crippen LogP) is -0.131. The summed E-state index contributed by atoms with van der Waals surface area (Å²) in [6.45, 7) is 4.89. The van der Waals surface area contributed by atoms with Gasteiger partial charge >= 0.3 is 0 Å². The van der Waals surface area contributed by atoms with Gasteiger partial charge in [0.05, 0.1) is 19.3 Å². The maximum absolute atomic E-state index is 11.8. The van der Waals surface area contributed by atoms with Gasteiger partial charge in [0, 0.05) is 26.1 Å². The molecule has 1 fully saturated rings. The van der Waals surface area contributed by atoms with Crippen molar-refractivity contribution >= 4 is 11.8 Å². The summed E-state index contributed by atoms with van der Waals surface area (Å²) in [6, 6.07) is -0.460. The first-order valence-electron chi connectivity index (χ1n) is 7.04. The van der Waals surface area contributed by atoms with Crippen molar-refractivity contribution in [2.45, 2.75) is 38.6 Å². The van der Waals surface area contributed by atoms with Crippen molar-refractivity contribution in [1.29, 1.82) is 0 Å². The van der Waals surface area contributed by atoms with Crippen LogP contribution in [-0.2, 0) is 14.3 Å². The molecule has 2 amide bonds. The van der Waals surface area contributed by atoms with Gasteiger partial charge in [0.1, 0.15) is 0 Å². The van der Waals surface area contributed by atoms with E-state index in [4.69, 9.17) is 10.5 Å². The van der Waals surface area contributed by atoms with E-state index in [1.807, 2.05) is 0 Å². The number of nitrogens with one attached hydrogen (secondary N) is 1. The van der Waals surface area contributed by atoms with Gasteiger partial charge < -0.3 is 20.7 Å². The Labute approximate surface area is 114 Å². The van der Waals surface area contributed by atoms with E-state index in [1.165, 1.54) is 0 Å². The summed E-state index contributed by atoms with van der Waals surface area (Å²) in [6.07, 6.45) is 2.99. The van der Waals surface area contributed by atoms with E-state index in [2.05, 4.69) is 12.2 Å². The Morgan fingerprint density at radius 2 is 2.05 bits per heavy atom. The molecule has 1 unspecified atom stereocenters. The monoisotopic (exact) mass is 271 g/mol. The summed E-state index contributed by atoms with van der Waals surface area (Å²) in [5, 5.41) is 2.72. The largest absolute Gasteiger partial charge is 0.378 e. The highest BCUT2D eigenvalue weighted by atomic mass is 16.5. The first-order valence-corrected chi connectivity index (χ1v) is 7.04. The SMILES string of the molecule is CCCCC(N)C(=O)NCCC(=O)N1CCOCC1. The van der Waals surface area contributed by atoms with Gasteiger partial charge in [-0.1, -0.05) is 19.8 Å². The molecule has 1 aliphatic rings. The van der Waals surface area contributed by atoms with Crippen molar-refractivity contribution in [1.82, 2.24) is 10.2 Å². The second-order valence-electron chi connectivity index (χ2n) is 4.78. The lowest BCUT2D eigenvalue weighted by atomic mass is 10.1.